The topological polar surface area (TPSA) is 58.6 Å². The smallest absolute Gasteiger partial charge is 0.268 e. The summed E-state index contributed by atoms with van der Waals surface area (Å²) < 4.78 is 5.42. The molecule has 1 aromatic heterocycles. The number of amides is 2. The molecule has 0 atom stereocenters. The van der Waals surface area contributed by atoms with Gasteiger partial charge in [0.1, 0.15) is 12.3 Å². The van der Waals surface area contributed by atoms with E-state index in [2.05, 4.69) is 5.32 Å². The normalized spacial score (nSPS) is 14.5. The van der Waals surface area contributed by atoms with Crippen molar-refractivity contribution in [3.63, 3.8) is 0 Å². The zero-order valence-electron chi connectivity index (χ0n) is 16.2. The SMILES string of the molecule is COc1ccc(Cl)cc1N(CC(=O)NC1CCCCC1)C(=O)c1ccc(C)s1. The van der Waals surface area contributed by atoms with Crippen LogP contribution in [0.15, 0.2) is 30.3 Å². The van der Waals surface area contributed by atoms with Gasteiger partial charge in [-0.05, 0) is 50.1 Å². The van der Waals surface area contributed by atoms with E-state index in [0.29, 0.717) is 21.3 Å². The third-order valence-electron chi connectivity index (χ3n) is 4.90. The number of carbonyl (C=O) groups is 2. The first-order valence-electron chi connectivity index (χ1n) is 9.49. The zero-order valence-corrected chi connectivity index (χ0v) is 17.7. The molecule has 1 fully saturated rings. The number of carbonyl (C=O) groups excluding carboxylic acids is 2. The number of methoxy groups -OCH3 is 1. The van der Waals surface area contributed by atoms with Gasteiger partial charge in [-0.1, -0.05) is 30.9 Å². The zero-order chi connectivity index (χ0) is 20.1. The summed E-state index contributed by atoms with van der Waals surface area (Å²) in [5, 5.41) is 3.56. The van der Waals surface area contributed by atoms with Gasteiger partial charge in [0.25, 0.3) is 5.91 Å². The van der Waals surface area contributed by atoms with E-state index < -0.39 is 0 Å². The van der Waals surface area contributed by atoms with Gasteiger partial charge in [-0.3, -0.25) is 14.5 Å². The van der Waals surface area contributed by atoms with Crippen molar-refractivity contribution in [2.75, 3.05) is 18.6 Å². The van der Waals surface area contributed by atoms with Crippen LogP contribution in [0.4, 0.5) is 5.69 Å². The summed E-state index contributed by atoms with van der Waals surface area (Å²) in [6, 6.07) is 8.93. The van der Waals surface area contributed by atoms with Crippen molar-refractivity contribution in [1.82, 2.24) is 5.32 Å². The van der Waals surface area contributed by atoms with Crippen molar-refractivity contribution < 1.29 is 14.3 Å². The fraction of sp³-hybridized carbons (Fsp3) is 0.429. The number of aryl methyl sites for hydroxylation is 1. The van der Waals surface area contributed by atoms with Crippen LogP contribution in [0.3, 0.4) is 0 Å². The molecule has 1 saturated carbocycles. The Bertz CT molecular complexity index is 846. The van der Waals surface area contributed by atoms with Gasteiger partial charge in [-0.2, -0.15) is 0 Å². The lowest BCUT2D eigenvalue weighted by molar-refractivity contribution is -0.120. The third kappa shape index (κ3) is 5.06. The lowest BCUT2D eigenvalue weighted by Crippen LogP contribution is -2.45. The van der Waals surface area contributed by atoms with E-state index in [0.717, 1.165) is 30.6 Å². The Morgan fingerprint density at radius 3 is 2.61 bits per heavy atom. The number of benzene rings is 1. The summed E-state index contributed by atoms with van der Waals surface area (Å²) >= 11 is 7.58. The summed E-state index contributed by atoms with van der Waals surface area (Å²) in [5.41, 5.74) is 0.491. The van der Waals surface area contributed by atoms with Gasteiger partial charge >= 0.3 is 0 Å². The highest BCUT2D eigenvalue weighted by molar-refractivity contribution is 7.14. The standard InChI is InChI=1S/C21H25ClN2O3S/c1-14-8-11-19(28-14)21(26)24(17-12-15(22)9-10-18(17)27-2)13-20(25)23-16-6-4-3-5-7-16/h8-12,16H,3-7,13H2,1-2H3,(H,23,25). The molecule has 150 valence electrons. The monoisotopic (exact) mass is 420 g/mol. The number of hydrogen-bond donors (Lipinski definition) is 1. The van der Waals surface area contributed by atoms with Crippen molar-refractivity contribution in [2.24, 2.45) is 0 Å². The molecule has 0 saturated heterocycles. The van der Waals surface area contributed by atoms with Crippen molar-refractivity contribution in [2.45, 2.75) is 45.1 Å². The van der Waals surface area contributed by atoms with Gasteiger partial charge < -0.3 is 10.1 Å². The second-order valence-electron chi connectivity index (χ2n) is 7.02. The minimum atomic E-state index is -0.238. The number of hydrogen-bond acceptors (Lipinski definition) is 4. The van der Waals surface area contributed by atoms with Crippen LogP contribution in [-0.4, -0.2) is 31.5 Å². The number of nitrogens with zero attached hydrogens (tertiary/aromatic N) is 1. The summed E-state index contributed by atoms with van der Waals surface area (Å²) in [4.78, 5) is 29.0. The molecule has 5 nitrogen and oxygen atoms in total. The number of ether oxygens (including phenoxy) is 1. The predicted octanol–water partition coefficient (Wildman–Crippen LogP) is 4.81. The summed E-state index contributed by atoms with van der Waals surface area (Å²) in [6.07, 6.45) is 5.46. The van der Waals surface area contributed by atoms with Crippen LogP contribution in [0, 0.1) is 6.92 Å². The number of halogens is 1. The van der Waals surface area contributed by atoms with Crippen LogP contribution in [0.5, 0.6) is 5.75 Å². The fourth-order valence-corrected chi connectivity index (χ4v) is 4.47. The molecule has 2 aromatic rings. The molecule has 0 aliphatic heterocycles. The highest BCUT2D eigenvalue weighted by Crippen LogP contribution is 2.33. The maximum absolute atomic E-state index is 13.2. The van der Waals surface area contributed by atoms with E-state index in [-0.39, 0.29) is 24.4 Å². The number of nitrogens with one attached hydrogen (secondary N) is 1. The van der Waals surface area contributed by atoms with Crippen molar-refractivity contribution >= 4 is 40.4 Å². The maximum atomic E-state index is 13.2. The Kier molecular flexibility index (Phi) is 6.97. The fourth-order valence-electron chi connectivity index (χ4n) is 3.49. The van der Waals surface area contributed by atoms with Crippen LogP contribution in [-0.2, 0) is 4.79 Å². The number of rotatable bonds is 6. The largest absolute Gasteiger partial charge is 0.495 e. The summed E-state index contributed by atoms with van der Waals surface area (Å²) in [7, 11) is 1.53. The molecule has 1 heterocycles. The quantitative estimate of drug-likeness (QED) is 0.729. The number of thiophene rings is 1. The van der Waals surface area contributed by atoms with Crippen LogP contribution >= 0.6 is 22.9 Å². The first-order chi connectivity index (χ1) is 13.5. The van der Waals surface area contributed by atoms with Crippen molar-refractivity contribution in [3.8, 4) is 5.75 Å². The van der Waals surface area contributed by atoms with E-state index in [9.17, 15) is 9.59 Å². The lowest BCUT2D eigenvalue weighted by atomic mass is 9.95. The molecule has 0 radical (unpaired) electrons. The average Bonchev–Trinajstić information content (AvgIpc) is 3.13. The van der Waals surface area contributed by atoms with Crippen molar-refractivity contribution in [1.29, 1.82) is 0 Å². The van der Waals surface area contributed by atoms with Gasteiger partial charge in [0.15, 0.2) is 0 Å². The predicted molar refractivity (Wildman–Crippen MR) is 114 cm³/mol. The van der Waals surface area contributed by atoms with Crippen molar-refractivity contribution in [3.05, 3.63) is 45.1 Å². The Morgan fingerprint density at radius 2 is 1.96 bits per heavy atom. The third-order valence-corrected chi connectivity index (χ3v) is 6.12. The lowest BCUT2D eigenvalue weighted by Gasteiger charge is -2.27. The van der Waals surface area contributed by atoms with Crippen LogP contribution < -0.4 is 15.0 Å². The Labute approximate surface area is 174 Å². The van der Waals surface area contributed by atoms with E-state index in [1.807, 2.05) is 13.0 Å². The van der Waals surface area contributed by atoms with Gasteiger partial charge in [0.05, 0.1) is 17.7 Å². The molecule has 0 unspecified atom stereocenters. The molecule has 7 heteroatoms. The van der Waals surface area contributed by atoms with Gasteiger partial charge in [0.2, 0.25) is 5.91 Å². The van der Waals surface area contributed by atoms with E-state index >= 15 is 0 Å². The Balaban J connectivity index is 1.87. The second-order valence-corrected chi connectivity index (χ2v) is 8.74. The molecule has 1 aliphatic carbocycles. The number of anilines is 1. The molecule has 3 rings (SSSR count). The van der Waals surface area contributed by atoms with Crippen LogP contribution in [0.2, 0.25) is 5.02 Å². The minimum Gasteiger partial charge on any atom is -0.495 e. The highest BCUT2D eigenvalue weighted by atomic mass is 35.5. The average molecular weight is 421 g/mol. The minimum absolute atomic E-state index is 0.0804. The Morgan fingerprint density at radius 1 is 1.21 bits per heavy atom. The molecule has 28 heavy (non-hydrogen) atoms. The second kappa shape index (κ2) is 9.43. The Hall–Kier alpha value is -2.05. The molecule has 2 amide bonds. The van der Waals surface area contributed by atoms with E-state index in [4.69, 9.17) is 16.3 Å². The van der Waals surface area contributed by atoms with E-state index in [1.165, 1.54) is 29.8 Å². The van der Waals surface area contributed by atoms with Gasteiger partial charge in [-0.15, -0.1) is 11.3 Å². The molecule has 1 N–H and O–H groups in total. The summed E-state index contributed by atoms with van der Waals surface area (Å²) in [6.45, 7) is 1.87. The summed E-state index contributed by atoms with van der Waals surface area (Å²) in [5.74, 6) is 0.0875. The van der Waals surface area contributed by atoms with Gasteiger partial charge in [0, 0.05) is 15.9 Å². The molecular formula is C21H25ClN2O3S. The molecule has 1 aliphatic rings. The van der Waals surface area contributed by atoms with Gasteiger partial charge in [-0.25, -0.2) is 0 Å². The molecule has 1 aromatic carbocycles. The highest BCUT2D eigenvalue weighted by Gasteiger charge is 2.26. The maximum Gasteiger partial charge on any atom is 0.268 e. The molecular weight excluding hydrogens is 396 g/mol. The molecule has 0 spiro atoms. The first kappa shape index (κ1) is 20.7. The van der Waals surface area contributed by atoms with Crippen LogP contribution in [0.25, 0.3) is 0 Å². The van der Waals surface area contributed by atoms with Crippen LogP contribution in [0.1, 0.15) is 46.7 Å². The first-order valence-corrected chi connectivity index (χ1v) is 10.7. The molecule has 0 bridgehead atoms. The van der Waals surface area contributed by atoms with E-state index in [1.54, 1.807) is 24.3 Å².